The fraction of sp³-hybridized carbons (Fsp3) is 0.0769. The van der Waals surface area contributed by atoms with Crippen molar-refractivity contribution in [2.24, 2.45) is 0 Å². The Morgan fingerprint density at radius 2 is 2.00 bits per heavy atom. The van der Waals surface area contributed by atoms with Gasteiger partial charge in [-0.1, -0.05) is 28.1 Å². The van der Waals surface area contributed by atoms with Gasteiger partial charge in [0.15, 0.2) is 11.6 Å². The molecule has 0 fully saturated rings. The van der Waals surface area contributed by atoms with Crippen LogP contribution in [0.15, 0.2) is 46.9 Å². The first-order valence-corrected chi connectivity index (χ1v) is 6.17. The summed E-state index contributed by atoms with van der Waals surface area (Å²) >= 11 is 3.14. The third-order valence-electron chi connectivity index (χ3n) is 2.47. The van der Waals surface area contributed by atoms with E-state index in [1.54, 1.807) is 24.3 Å². The van der Waals surface area contributed by atoms with Gasteiger partial charge in [-0.05, 0) is 24.3 Å². The Kier molecular flexibility index (Phi) is 4.11. The molecule has 0 radical (unpaired) electrons. The van der Waals surface area contributed by atoms with Crippen LogP contribution in [0.5, 0.6) is 5.75 Å². The van der Waals surface area contributed by atoms with Crippen molar-refractivity contribution >= 4 is 21.6 Å². The van der Waals surface area contributed by atoms with E-state index >= 15 is 0 Å². The minimum absolute atomic E-state index is 0.0416. The predicted octanol–water partition coefficient (Wildman–Crippen LogP) is 4.08. The van der Waals surface area contributed by atoms with Crippen molar-refractivity contribution in [2.45, 2.75) is 6.61 Å². The summed E-state index contributed by atoms with van der Waals surface area (Å²) in [4.78, 5) is 10.3. The molecule has 0 aliphatic carbocycles. The van der Waals surface area contributed by atoms with Gasteiger partial charge in [-0.3, -0.25) is 10.1 Å². The lowest BCUT2D eigenvalue weighted by atomic mass is 10.2. The van der Waals surface area contributed by atoms with E-state index in [9.17, 15) is 14.5 Å². The van der Waals surface area contributed by atoms with Gasteiger partial charge in [0.05, 0.1) is 10.5 Å². The summed E-state index contributed by atoms with van der Waals surface area (Å²) in [5.74, 6) is -0.464. The molecule has 0 heterocycles. The molecule has 0 unspecified atom stereocenters. The minimum atomic E-state index is -0.520. The topological polar surface area (TPSA) is 52.4 Å². The van der Waals surface area contributed by atoms with Crippen molar-refractivity contribution in [1.29, 1.82) is 0 Å². The lowest BCUT2D eigenvalue weighted by Crippen LogP contribution is -2.01. The summed E-state index contributed by atoms with van der Waals surface area (Å²) in [5, 5.41) is 10.8. The zero-order chi connectivity index (χ0) is 13.8. The Labute approximate surface area is 117 Å². The first-order chi connectivity index (χ1) is 9.08. The first kappa shape index (κ1) is 13.5. The maximum atomic E-state index is 13.5. The summed E-state index contributed by atoms with van der Waals surface area (Å²) in [7, 11) is 0. The highest BCUT2D eigenvalue weighted by atomic mass is 79.9. The zero-order valence-corrected chi connectivity index (χ0v) is 11.3. The van der Waals surface area contributed by atoms with Crippen LogP contribution in [0.25, 0.3) is 0 Å². The highest BCUT2D eigenvalue weighted by Crippen LogP contribution is 2.24. The fourth-order valence-corrected chi connectivity index (χ4v) is 1.89. The van der Waals surface area contributed by atoms with Gasteiger partial charge in [-0.2, -0.15) is 0 Å². The maximum Gasteiger partial charge on any atom is 0.276 e. The molecule has 0 aliphatic rings. The number of halogens is 2. The van der Waals surface area contributed by atoms with Crippen LogP contribution in [-0.4, -0.2) is 4.92 Å². The van der Waals surface area contributed by atoms with E-state index in [4.69, 9.17) is 4.74 Å². The molecule has 2 rings (SSSR count). The number of benzene rings is 2. The van der Waals surface area contributed by atoms with E-state index in [0.717, 1.165) is 0 Å². The second-order valence-electron chi connectivity index (χ2n) is 3.75. The van der Waals surface area contributed by atoms with Crippen molar-refractivity contribution in [1.82, 2.24) is 0 Å². The average Bonchev–Trinajstić information content (AvgIpc) is 2.38. The molecule has 98 valence electrons. The zero-order valence-electron chi connectivity index (χ0n) is 9.68. The molecule has 0 saturated carbocycles. The molecule has 0 aliphatic heterocycles. The van der Waals surface area contributed by atoms with Gasteiger partial charge in [0.1, 0.15) is 6.61 Å². The Hall–Kier alpha value is -1.95. The molecule has 0 spiro atoms. The van der Waals surface area contributed by atoms with E-state index in [2.05, 4.69) is 15.9 Å². The fourth-order valence-electron chi connectivity index (χ4n) is 1.56. The molecule has 2 aromatic rings. The van der Waals surface area contributed by atoms with Crippen LogP contribution in [0.2, 0.25) is 0 Å². The van der Waals surface area contributed by atoms with E-state index in [0.29, 0.717) is 10.0 Å². The minimum Gasteiger partial charge on any atom is -0.486 e. The largest absolute Gasteiger partial charge is 0.486 e. The van der Waals surface area contributed by atoms with E-state index < -0.39 is 10.7 Å². The number of hydrogen-bond donors (Lipinski definition) is 0. The third kappa shape index (κ3) is 3.29. The van der Waals surface area contributed by atoms with E-state index in [1.807, 2.05) is 0 Å². The molecule has 0 saturated heterocycles. The van der Waals surface area contributed by atoms with Crippen LogP contribution in [-0.2, 0) is 6.61 Å². The predicted molar refractivity (Wildman–Crippen MR) is 71.5 cm³/mol. The second kappa shape index (κ2) is 5.79. The number of nitro groups is 1. The molecule has 0 N–H and O–H groups in total. The van der Waals surface area contributed by atoms with Gasteiger partial charge < -0.3 is 4.74 Å². The highest BCUT2D eigenvalue weighted by molar-refractivity contribution is 9.10. The molecule has 0 amide bonds. The quantitative estimate of drug-likeness (QED) is 0.628. The van der Waals surface area contributed by atoms with Crippen LogP contribution in [0, 0.1) is 15.9 Å². The van der Waals surface area contributed by atoms with E-state index in [-0.39, 0.29) is 18.0 Å². The Balaban J connectivity index is 2.17. The van der Waals surface area contributed by atoms with Gasteiger partial charge in [-0.25, -0.2) is 4.39 Å². The molecule has 0 aromatic heterocycles. The number of nitro benzene ring substituents is 1. The van der Waals surface area contributed by atoms with Crippen molar-refractivity contribution < 1.29 is 14.1 Å². The lowest BCUT2D eigenvalue weighted by molar-refractivity contribution is -0.385. The lowest BCUT2D eigenvalue weighted by Gasteiger charge is -2.07. The Bertz CT molecular complexity index is 619. The van der Waals surface area contributed by atoms with Crippen LogP contribution < -0.4 is 4.74 Å². The monoisotopic (exact) mass is 325 g/mol. The maximum absolute atomic E-state index is 13.5. The van der Waals surface area contributed by atoms with Crippen molar-refractivity contribution in [3.8, 4) is 5.75 Å². The number of para-hydroxylation sites is 1. The van der Waals surface area contributed by atoms with Crippen molar-refractivity contribution in [2.75, 3.05) is 0 Å². The summed E-state index contributed by atoms with van der Waals surface area (Å²) in [5.41, 5.74) is 0.356. The molecule has 0 atom stereocenters. The third-order valence-corrected chi connectivity index (χ3v) is 2.96. The smallest absolute Gasteiger partial charge is 0.276 e. The van der Waals surface area contributed by atoms with E-state index in [1.165, 1.54) is 18.2 Å². The molecule has 4 nitrogen and oxygen atoms in total. The number of hydrogen-bond acceptors (Lipinski definition) is 3. The summed E-state index contributed by atoms with van der Waals surface area (Å²) in [6.07, 6.45) is 0. The molecular formula is C13H9BrFNO3. The standard InChI is InChI=1S/C13H9BrFNO3/c14-10-5-6-13(11(15)7-10)19-8-9-3-1-2-4-12(9)16(17)18/h1-7H,8H2. The van der Waals surface area contributed by atoms with Crippen LogP contribution in [0.4, 0.5) is 10.1 Å². The van der Waals surface area contributed by atoms with Gasteiger partial charge in [0.25, 0.3) is 5.69 Å². The van der Waals surface area contributed by atoms with Gasteiger partial charge in [0.2, 0.25) is 0 Å². The van der Waals surface area contributed by atoms with Gasteiger partial charge in [0, 0.05) is 10.5 Å². The van der Waals surface area contributed by atoms with Crippen molar-refractivity contribution in [3.05, 3.63) is 68.4 Å². The highest BCUT2D eigenvalue weighted by Gasteiger charge is 2.13. The summed E-state index contributed by atoms with van der Waals surface area (Å²) in [6.45, 7) is -0.0598. The van der Waals surface area contributed by atoms with Gasteiger partial charge in [-0.15, -0.1) is 0 Å². The van der Waals surface area contributed by atoms with Gasteiger partial charge >= 0.3 is 0 Å². The molecule has 0 bridgehead atoms. The molecule has 6 heteroatoms. The Morgan fingerprint density at radius 1 is 1.26 bits per heavy atom. The normalized spacial score (nSPS) is 10.2. The number of nitrogens with zero attached hydrogens (tertiary/aromatic N) is 1. The molecule has 19 heavy (non-hydrogen) atoms. The second-order valence-corrected chi connectivity index (χ2v) is 4.66. The number of ether oxygens (including phenoxy) is 1. The first-order valence-electron chi connectivity index (χ1n) is 5.38. The van der Waals surface area contributed by atoms with Crippen molar-refractivity contribution in [3.63, 3.8) is 0 Å². The molecule has 2 aromatic carbocycles. The van der Waals surface area contributed by atoms with Crippen LogP contribution >= 0.6 is 15.9 Å². The van der Waals surface area contributed by atoms with Crippen LogP contribution in [0.1, 0.15) is 5.56 Å². The average molecular weight is 326 g/mol. The summed E-state index contributed by atoms with van der Waals surface area (Å²) < 4.78 is 19.4. The Morgan fingerprint density at radius 3 is 2.68 bits per heavy atom. The van der Waals surface area contributed by atoms with Crippen LogP contribution in [0.3, 0.4) is 0 Å². The number of rotatable bonds is 4. The molecular weight excluding hydrogens is 317 g/mol. The SMILES string of the molecule is O=[N+]([O-])c1ccccc1COc1ccc(Br)cc1F. The summed E-state index contributed by atoms with van der Waals surface area (Å²) in [6, 6.07) is 10.6.